The van der Waals surface area contributed by atoms with Crippen molar-refractivity contribution in [3.63, 3.8) is 0 Å². The number of hydrogen-bond donors (Lipinski definition) is 4. The maximum atomic E-state index is 5.84. The molecule has 10 nitrogen and oxygen atoms in total. The highest BCUT2D eigenvalue weighted by Crippen LogP contribution is 2.30. The first-order valence-electron chi connectivity index (χ1n) is 12.8. The van der Waals surface area contributed by atoms with Gasteiger partial charge in [0.05, 0.1) is 0 Å². The van der Waals surface area contributed by atoms with E-state index in [0.29, 0.717) is 24.9 Å². The molecule has 40 heavy (non-hydrogen) atoms. The molecule has 3 aromatic carbocycles. The zero-order chi connectivity index (χ0) is 27.9. The third kappa shape index (κ3) is 6.54. The van der Waals surface area contributed by atoms with Gasteiger partial charge in [0.15, 0.2) is 11.9 Å². The minimum Gasteiger partial charge on any atom is -0.444 e. The average Bonchev–Trinajstić information content (AvgIpc) is 3.64. The maximum absolute atomic E-state index is 5.84. The molecule has 2 heterocycles. The standard InChI is InChI=1S/C30H30N8O2/c31-29(32)35-12-10-19-4-1-6-21(14-19)25-17-39-27(37-25)23-8-3-9-24(16-23)28-38-26(18-40-28)22-7-2-5-20(15-22)11-13-36-30(33)34/h1-9,14-18H,10-13H2,(H4,31,32,35)(H4,33,34,36). The van der Waals surface area contributed by atoms with Gasteiger partial charge in [-0.1, -0.05) is 42.5 Å². The zero-order valence-electron chi connectivity index (χ0n) is 21.8. The number of aliphatic imine (C=N–C) groups is 2. The molecule has 5 aromatic rings. The minimum absolute atomic E-state index is 0.0886. The van der Waals surface area contributed by atoms with Gasteiger partial charge in [-0.25, -0.2) is 9.97 Å². The first-order valence-corrected chi connectivity index (χ1v) is 12.8. The van der Waals surface area contributed by atoms with Crippen LogP contribution in [0.5, 0.6) is 0 Å². The van der Waals surface area contributed by atoms with Crippen LogP contribution in [-0.4, -0.2) is 35.0 Å². The van der Waals surface area contributed by atoms with Crippen LogP contribution in [0.3, 0.4) is 0 Å². The molecule has 0 fully saturated rings. The van der Waals surface area contributed by atoms with Gasteiger partial charge in [-0.3, -0.25) is 9.98 Å². The number of benzene rings is 3. The van der Waals surface area contributed by atoms with Crippen molar-refractivity contribution in [2.24, 2.45) is 32.9 Å². The summed E-state index contributed by atoms with van der Waals surface area (Å²) in [7, 11) is 0. The van der Waals surface area contributed by atoms with Gasteiger partial charge in [0.1, 0.15) is 23.9 Å². The Kier molecular flexibility index (Phi) is 7.87. The molecule has 0 atom stereocenters. The molecule has 0 saturated heterocycles. The summed E-state index contributed by atoms with van der Waals surface area (Å²) in [6, 6.07) is 23.9. The molecule has 8 N–H and O–H groups in total. The Morgan fingerprint density at radius 3 is 1.45 bits per heavy atom. The van der Waals surface area contributed by atoms with Gasteiger partial charge in [0, 0.05) is 35.3 Å². The van der Waals surface area contributed by atoms with Gasteiger partial charge in [0.25, 0.3) is 0 Å². The molecule has 0 aliphatic carbocycles. The van der Waals surface area contributed by atoms with Crippen molar-refractivity contribution < 1.29 is 8.83 Å². The molecule has 202 valence electrons. The van der Waals surface area contributed by atoms with Gasteiger partial charge in [-0.2, -0.15) is 0 Å². The van der Waals surface area contributed by atoms with Crippen molar-refractivity contribution in [1.29, 1.82) is 0 Å². The third-order valence-electron chi connectivity index (χ3n) is 6.20. The van der Waals surface area contributed by atoms with Crippen LogP contribution in [-0.2, 0) is 12.8 Å². The fourth-order valence-electron chi connectivity index (χ4n) is 4.26. The van der Waals surface area contributed by atoms with E-state index in [4.69, 9.17) is 41.7 Å². The van der Waals surface area contributed by atoms with Gasteiger partial charge in [0.2, 0.25) is 11.8 Å². The van der Waals surface area contributed by atoms with E-state index in [1.165, 1.54) is 0 Å². The number of nitrogens with zero attached hydrogens (tertiary/aromatic N) is 4. The molecule has 0 amide bonds. The van der Waals surface area contributed by atoms with Crippen LogP contribution in [0.25, 0.3) is 45.4 Å². The molecular formula is C30H30N8O2. The molecular weight excluding hydrogens is 504 g/mol. The lowest BCUT2D eigenvalue weighted by Crippen LogP contribution is -2.23. The van der Waals surface area contributed by atoms with Crippen molar-refractivity contribution in [2.45, 2.75) is 12.8 Å². The Morgan fingerprint density at radius 2 is 1.00 bits per heavy atom. The fourth-order valence-corrected chi connectivity index (χ4v) is 4.26. The van der Waals surface area contributed by atoms with E-state index in [1.54, 1.807) is 12.5 Å². The predicted molar refractivity (Wildman–Crippen MR) is 157 cm³/mol. The second kappa shape index (κ2) is 12.0. The first kappa shape index (κ1) is 26.2. The Hall–Kier alpha value is -5.38. The second-order valence-corrected chi connectivity index (χ2v) is 9.17. The highest BCUT2D eigenvalue weighted by Gasteiger charge is 2.13. The third-order valence-corrected chi connectivity index (χ3v) is 6.20. The van der Waals surface area contributed by atoms with Crippen LogP contribution in [0, 0.1) is 0 Å². The topological polar surface area (TPSA) is 181 Å². The maximum Gasteiger partial charge on any atom is 0.226 e. The summed E-state index contributed by atoms with van der Waals surface area (Å²) in [5.41, 5.74) is 28.9. The van der Waals surface area contributed by atoms with Crippen LogP contribution in [0.4, 0.5) is 0 Å². The lowest BCUT2D eigenvalue weighted by Gasteiger charge is -2.02. The molecule has 0 spiro atoms. The van der Waals surface area contributed by atoms with Crippen LogP contribution in [0.2, 0.25) is 0 Å². The molecule has 0 radical (unpaired) electrons. The second-order valence-electron chi connectivity index (χ2n) is 9.17. The molecule has 0 aliphatic rings. The average molecular weight is 535 g/mol. The first-order chi connectivity index (χ1) is 19.4. The van der Waals surface area contributed by atoms with Gasteiger partial charge >= 0.3 is 0 Å². The Balaban J connectivity index is 1.32. The summed E-state index contributed by atoms with van der Waals surface area (Å²) in [6.07, 6.45) is 4.75. The van der Waals surface area contributed by atoms with E-state index in [1.807, 2.05) is 60.7 Å². The molecule has 10 heteroatoms. The minimum atomic E-state index is 0.0886. The number of hydrogen-bond acceptors (Lipinski definition) is 6. The van der Waals surface area contributed by atoms with Crippen molar-refractivity contribution in [2.75, 3.05) is 13.1 Å². The van der Waals surface area contributed by atoms with E-state index in [0.717, 1.165) is 57.6 Å². The van der Waals surface area contributed by atoms with Gasteiger partial charge < -0.3 is 31.8 Å². The smallest absolute Gasteiger partial charge is 0.226 e. The van der Waals surface area contributed by atoms with Crippen molar-refractivity contribution in [3.05, 3.63) is 96.4 Å². The molecule has 0 bridgehead atoms. The highest BCUT2D eigenvalue weighted by molar-refractivity contribution is 5.76. The number of aromatic nitrogens is 2. The molecule has 2 aromatic heterocycles. The Labute approximate surface area is 231 Å². The quantitative estimate of drug-likeness (QED) is 0.153. The molecule has 5 rings (SSSR count). The monoisotopic (exact) mass is 534 g/mol. The molecule has 0 unspecified atom stereocenters. The van der Waals surface area contributed by atoms with Crippen LogP contribution >= 0.6 is 0 Å². The van der Waals surface area contributed by atoms with Crippen molar-refractivity contribution in [3.8, 4) is 45.4 Å². The van der Waals surface area contributed by atoms with Crippen molar-refractivity contribution >= 4 is 11.9 Å². The van der Waals surface area contributed by atoms with E-state index >= 15 is 0 Å². The van der Waals surface area contributed by atoms with E-state index in [-0.39, 0.29) is 11.9 Å². The zero-order valence-corrected chi connectivity index (χ0v) is 21.8. The van der Waals surface area contributed by atoms with Crippen molar-refractivity contribution in [1.82, 2.24) is 9.97 Å². The Bertz CT molecular complexity index is 1540. The summed E-state index contributed by atoms with van der Waals surface area (Å²) in [6.45, 7) is 1.05. The largest absolute Gasteiger partial charge is 0.444 e. The van der Waals surface area contributed by atoms with E-state index in [2.05, 4.69) is 22.1 Å². The number of guanidine groups is 2. The summed E-state index contributed by atoms with van der Waals surface area (Å²) >= 11 is 0. The van der Waals surface area contributed by atoms with E-state index < -0.39 is 0 Å². The highest BCUT2D eigenvalue weighted by atomic mass is 16.3. The number of rotatable bonds is 10. The predicted octanol–water partition coefficient (Wildman–Crippen LogP) is 3.96. The summed E-state index contributed by atoms with van der Waals surface area (Å²) in [4.78, 5) is 17.5. The normalized spacial score (nSPS) is 10.8. The van der Waals surface area contributed by atoms with E-state index in [9.17, 15) is 0 Å². The lowest BCUT2D eigenvalue weighted by molar-refractivity contribution is 0.572. The van der Waals surface area contributed by atoms with Crippen LogP contribution in [0.15, 0.2) is 104 Å². The number of nitrogens with two attached hydrogens (primary N) is 4. The van der Waals surface area contributed by atoms with Gasteiger partial charge in [-0.05, 0) is 54.3 Å². The summed E-state index contributed by atoms with van der Waals surface area (Å²) in [5, 5.41) is 0. The molecule has 0 saturated carbocycles. The molecule has 0 aliphatic heterocycles. The summed E-state index contributed by atoms with van der Waals surface area (Å²) in [5.74, 6) is 1.18. The van der Waals surface area contributed by atoms with Gasteiger partial charge in [-0.15, -0.1) is 0 Å². The SMILES string of the molecule is NC(N)=NCCc1cccc(-c2coc(-c3cccc(-c4nc(-c5cccc(CCN=C(N)N)c5)co4)c3)n2)c1. The number of oxazole rings is 2. The Morgan fingerprint density at radius 1 is 0.575 bits per heavy atom. The van der Waals surface area contributed by atoms with Crippen LogP contribution < -0.4 is 22.9 Å². The summed E-state index contributed by atoms with van der Waals surface area (Å²) < 4.78 is 11.7. The van der Waals surface area contributed by atoms with Crippen LogP contribution in [0.1, 0.15) is 11.1 Å². The lowest BCUT2D eigenvalue weighted by atomic mass is 10.1. The fraction of sp³-hybridized carbons (Fsp3) is 0.133.